The molecule has 0 aliphatic heterocycles. The van der Waals surface area contributed by atoms with Gasteiger partial charge in [-0.05, 0) is 0 Å². The Morgan fingerprint density at radius 2 is 1.33 bits per heavy atom. The van der Waals surface area contributed by atoms with E-state index in [-0.39, 0.29) is 120 Å². The summed E-state index contributed by atoms with van der Waals surface area (Å²) in [6.07, 6.45) is 0. The minimum absolute atomic E-state index is 0. The predicted octanol–water partition coefficient (Wildman–Crippen LogP) is -11.3. The van der Waals surface area contributed by atoms with Crippen molar-refractivity contribution in [2.45, 2.75) is 0 Å². The average Bonchev–Trinajstić information content (AvgIpc) is 1.14. The number of hydrogen-bond donors (Lipinski definition) is 1. The molecule has 0 aliphatic rings. The zero-order valence-electron chi connectivity index (χ0n) is 6.09. The van der Waals surface area contributed by atoms with Crippen molar-refractivity contribution >= 4 is 0 Å². The summed E-state index contributed by atoms with van der Waals surface area (Å²) in [5.41, 5.74) is 0. The van der Waals surface area contributed by atoms with Crippen LogP contribution in [0.25, 0.3) is 0 Å². The van der Waals surface area contributed by atoms with Gasteiger partial charge in [0.15, 0.2) is 0 Å². The van der Waals surface area contributed by atoms with E-state index in [1.54, 1.807) is 0 Å². The van der Waals surface area contributed by atoms with Crippen LogP contribution in [0, 0.1) is 0 Å². The minimum atomic E-state index is -6.01. The van der Waals surface area contributed by atoms with Crippen LogP contribution in [-0.4, -0.2) is 4.16 Å². The molecule has 12 heavy (non-hydrogen) atoms. The van der Waals surface area contributed by atoms with Crippen LogP contribution < -0.4 is 124 Å². The van der Waals surface area contributed by atoms with Crippen LogP contribution in [0.15, 0.2) is 0 Å². The summed E-state index contributed by atoms with van der Waals surface area (Å²) >= 11 is -11.8. The molecule has 0 spiro atoms. The molecule has 0 saturated heterocycles. The summed E-state index contributed by atoms with van der Waals surface area (Å²) in [7, 11) is 0. The Balaban J connectivity index is -0.000000107. The molecule has 0 atom stereocenters. The van der Waals surface area contributed by atoms with Crippen LogP contribution in [0.2, 0.25) is 0 Å². The van der Waals surface area contributed by atoms with Crippen LogP contribution in [0.5, 0.6) is 0 Å². The van der Waals surface area contributed by atoms with E-state index in [9.17, 15) is 19.4 Å². The summed E-state index contributed by atoms with van der Waals surface area (Å²) in [5.74, 6) is 0. The van der Waals surface area contributed by atoms with Gasteiger partial charge in [0.25, 0.3) is 0 Å². The van der Waals surface area contributed by atoms with Crippen LogP contribution in [0.1, 0.15) is 0 Å². The van der Waals surface area contributed by atoms with Gasteiger partial charge in [0.2, 0.25) is 0 Å². The van der Waals surface area contributed by atoms with E-state index in [1.165, 1.54) is 0 Å². The predicted molar refractivity (Wildman–Crippen MR) is 6.05 cm³/mol. The summed E-state index contributed by atoms with van der Waals surface area (Å²) in [4.78, 5) is 0. The first-order valence-corrected chi connectivity index (χ1v) is 5.56. The Labute approximate surface area is 168 Å². The molecular formula is HBrCr2K2O7. The first kappa shape index (κ1) is 24.9. The standard InChI is InChI=1S/BrH.2Cr.2K.H2O.6O/h1H;;;;;1H2;;;;;;/q;;3*+1;;;;;;;-1/p-2. The SMILES string of the molecule is [Br-].[K+].[K+].[O]=[Cr](=[O])([O-])[O][Cr](=[O])(=[O])[OH]. The molecule has 0 rings (SSSR count). The molecule has 12 heteroatoms. The topological polar surface area (TPSA) is 121 Å². The second kappa shape index (κ2) is 10.1. The number of rotatable bonds is 2. The Morgan fingerprint density at radius 3 is 1.33 bits per heavy atom. The van der Waals surface area contributed by atoms with Crippen molar-refractivity contribution in [2.75, 3.05) is 0 Å². The van der Waals surface area contributed by atoms with Crippen molar-refractivity contribution < 1.29 is 173 Å². The van der Waals surface area contributed by atoms with E-state index in [1.807, 2.05) is 0 Å². The van der Waals surface area contributed by atoms with Gasteiger partial charge >= 0.3 is 156 Å². The molecule has 0 aromatic carbocycles. The van der Waals surface area contributed by atoms with Crippen molar-refractivity contribution in [2.24, 2.45) is 0 Å². The second-order valence-electron chi connectivity index (χ2n) is 0.904. The molecule has 0 fully saturated rings. The van der Waals surface area contributed by atoms with E-state index < -0.39 is 27.2 Å². The zero-order valence-corrected chi connectivity index (χ0v) is 16.5. The first-order chi connectivity index (χ1) is 3.71. The number of hydrogen-bond acceptors (Lipinski definition) is 6. The molecule has 64 valence electrons. The van der Waals surface area contributed by atoms with Gasteiger partial charge in [-0.15, -0.1) is 0 Å². The fourth-order valence-electron chi connectivity index (χ4n) is 0.105. The van der Waals surface area contributed by atoms with Crippen molar-refractivity contribution in [3.05, 3.63) is 0 Å². The quantitative estimate of drug-likeness (QED) is 0.476. The third-order valence-electron chi connectivity index (χ3n) is 0.169. The van der Waals surface area contributed by atoms with E-state index in [0.717, 1.165) is 0 Å². The van der Waals surface area contributed by atoms with E-state index in [0.29, 0.717) is 0 Å². The Bertz CT molecular complexity index is 245. The monoisotopic (exact) mass is 374 g/mol. The Morgan fingerprint density at radius 1 is 1.08 bits per heavy atom. The summed E-state index contributed by atoms with van der Waals surface area (Å²) < 4.78 is 57.6. The van der Waals surface area contributed by atoms with Gasteiger partial charge in [0.05, 0.1) is 0 Å². The maximum absolute atomic E-state index is 9.49. The molecule has 0 aliphatic carbocycles. The second-order valence-corrected chi connectivity index (χ2v) is 4.60. The summed E-state index contributed by atoms with van der Waals surface area (Å²) in [6, 6.07) is 0. The molecule has 7 nitrogen and oxygen atoms in total. The van der Waals surface area contributed by atoms with Gasteiger partial charge < -0.3 is 17.0 Å². The van der Waals surface area contributed by atoms with Gasteiger partial charge in [0.1, 0.15) is 0 Å². The molecule has 0 unspecified atom stereocenters. The molecular weight excluding hydrogens is 374 g/mol. The van der Waals surface area contributed by atoms with Crippen molar-refractivity contribution in [1.82, 2.24) is 0 Å². The van der Waals surface area contributed by atoms with Crippen molar-refractivity contribution in [3.8, 4) is 0 Å². The normalized spacial score (nSPS) is 10.2. The first-order valence-electron chi connectivity index (χ1n) is 1.35. The van der Waals surface area contributed by atoms with Gasteiger partial charge in [-0.2, -0.15) is 0 Å². The Hall–Kier alpha value is 3.90. The van der Waals surface area contributed by atoms with E-state index in [2.05, 4.69) is 2.84 Å². The van der Waals surface area contributed by atoms with Crippen LogP contribution >= 0.6 is 0 Å². The fourth-order valence-corrected chi connectivity index (χ4v) is 1.79. The van der Waals surface area contributed by atoms with Gasteiger partial charge in [-0.25, -0.2) is 0 Å². The third kappa shape index (κ3) is 23.6. The molecule has 0 saturated carbocycles. The van der Waals surface area contributed by atoms with Crippen molar-refractivity contribution in [1.29, 1.82) is 0 Å². The summed E-state index contributed by atoms with van der Waals surface area (Å²) in [5, 5.41) is 0. The molecule has 0 bridgehead atoms. The number of halogens is 1. The molecule has 0 radical (unpaired) electrons. The Kier molecular flexibility index (Phi) is 20.9. The molecule has 0 aromatic heterocycles. The molecule has 0 aromatic rings. The van der Waals surface area contributed by atoms with Crippen molar-refractivity contribution in [3.63, 3.8) is 0 Å². The third-order valence-corrected chi connectivity index (χ3v) is 2.88. The van der Waals surface area contributed by atoms with Gasteiger partial charge in [-0.3, -0.25) is 0 Å². The van der Waals surface area contributed by atoms with E-state index >= 15 is 0 Å². The maximum atomic E-state index is 9.49. The molecule has 1 N–H and O–H groups in total. The van der Waals surface area contributed by atoms with Gasteiger partial charge in [0, 0.05) is 0 Å². The molecule has 0 heterocycles. The van der Waals surface area contributed by atoms with Gasteiger partial charge in [-0.1, -0.05) is 0 Å². The van der Waals surface area contributed by atoms with Crippen LogP contribution in [-0.2, 0) is 45.3 Å². The zero-order chi connectivity index (χ0) is 7.71. The van der Waals surface area contributed by atoms with Crippen LogP contribution in [0.4, 0.5) is 0 Å². The summed E-state index contributed by atoms with van der Waals surface area (Å²) in [6.45, 7) is 0. The van der Waals surface area contributed by atoms with Crippen LogP contribution in [0.3, 0.4) is 0 Å². The molecule has 0 amide bonds. The fraction of sp³-hybridized carbons (Fsp3) is 0. The average molecular weight is 375 g/mol. The van der Waals surface area contributed by atoms with E-state index in [4.69, 9.17) is 4.16 Å².